The minimum atomic E-state index is -4.64. The molecule has 0 heterocycles. The van der Waals surface area contributed by atoms with E-state index in [4.69, 9.17) is 23.2 Å². The van der Waals surface area contributed by atoms with Crippen molar-refractivity contribution in [2.45, 2.75) is 65.5 Å². The van der Waals surface area contributed by atoms with Crippen LogP contribution < -0.4 is 10.4 Å². The number of benzene rings is 2. The zero-order valence-corrected chi connectivity index (χ0v) is 22.0. The van der Waals surface area contributed by atoms with Crippen molar-refractivity contribution < 1.29 is 27.9 Å². The fourth-order valence-corrected chi connectivity index (χ4v) is 4.46. The Balaban J connectivity index is 2.67. The molecule has 0 saturated carbocycles. The smallest absolute Gasteiger partial charge is 0.392 e. The number of carboxylic acids is 1. The van der Waals surface area contributed by atoms with E-state index in [-0.39, 0.29) is 22.7 Å². The summed E-state index contributed by atoms with van der Waals surface area (Å²) in [5.74, 6) is -6.50. The van der Waals surface area contributed by atoms with Gasteiger partial charge in [0.1, 0.15) is 0 Å². The monoisotopic (exact) mass is 530 g/mol. The molecular formula is C26H29Cl2F3NO3-. The number of anilines is 1. The van der Waals surface area contributed by atoms with Crippen LogP contribution in [-0.2, 0) is 21.4 Å². The highest BCUT2D eigenvalue weighted by Gasteiger charge is 2.45. The number of hydrogen-bond acceptors (Lipinski definition) is 3. The van der Waals surface area contributed by atoms with E-state index in [9.17, 15) is 27.9 Å². The summed E-state index contributed by atoms with van der Waals surface area (Å²) in [4.78, 5) is 24.9. The quantitative estimate of drug-likeness (QED) is 0.447. The van der Waals surface area contributed by atoms with Crippen molar-refractivity contribution in [1.29, 1.82) is 0 Å². The second-order valence-electron chi connectivity index (χ2n) is 9.94. The van der Waals surface area contributed by atoms with Crippen molar-refractivity contribution in [3.63, 3.8) is 0 Å². The van der Waals surface area contributed by atoms with Crippen LogP contribution in [0.3, 0.4) is 0 Å². The SMILES string of the molecule is Cc1cc(C[C@H](C)C(=O)[O-])c(C(C)(C)C)c(NC(=O)[C@H](c2ccc(Cl)cc2)[C@@H](C)C(F)(F)F)c1Cl. The van der Waals surface area contributed by atoms with Crippen molar-refractivity contribution in [3.05, 3.63) is 62.6 Å². The second kappa shape index (κ2) is 10.8. The number of carbonyl (C=O) groups is 2. The summed E-state index contributed by atoms with van der Waals surface area (Å²) in [5.41, 5.74) is 1.46. The number of carbonyl (C=O) groups excluding carboxylic acids is 2. The Morgan fingerprint density at radius 2 is 1.60 bits per heavy atom. The van der Waals surface area contributed by atoms with Gasteiger partial charge in [-0.1, -0.05) is 76.0 Å². The zero-order chi connectivity index (χ0) is 26.9. The van der Waals surface area contributed by atoms with Gasteiger partial charge >= 0.3 is 6.18 Å². The topological polar surface area (TPSA) is 69.2 Å². The summed E-state index contributed by atoms with van der Waals surface area (Å²) in [6.45, 7) is 9.70. The molecule has 35 heavy (non-hydrogen) atoms. The Hall–Kier alpha value is -2.25. The van der Waals surface area contributed by atoms with Crippen molar-refractivity contribution in [2.24, 2.45) is 11.8 Å². The van der Waals surface area contributed by atoms with Crippen LogP contribution in [0.5, 0.6) is 0 Å². The van der Waals surface area contributed by atoms with Gasteiger partial charge < -0.3 is 15.2 Å². The lowest BCUT2D eigenvalue weighted by Gasteiger charge is -2.31. The number of nitrogens with one attached hydrogen (secondary N) is 1. The van der Waals surface area contributed by atoms with Crippen molar-refractivity contribution >= 4 is 40.8 Å². The largest absolute Gasteiger partial charge is 0.550 e. The fraction of sp³-hybridized carbons (Fsp3) is 0.462. The molecule has 0 bridgehead atoms. The maximum atomic E-state index is 13.8. The van der Waals surface area contributed by atoms with Gasteiger partial charge in [0.2, 0.25) is 5.91 Å². The van der Waals surface area contributed by atoms with Gasteiger partial charge in [-0.25, -0.2) is 0 Å². The molecule has 1 N–H and O–H groups in total. The fourth-order valence-electron chi connectivity index (χ4n) is 4.14. The highest BCUT2D eigenvalue weighted by Crippen LogP contribution is 2.43. The number of hydrogen-bond donors (Lipinski definition) is 1. The van der Waals surface area contributed by atoms with Crippen molar-refractivity contribution in [3.8, 4) is 0 Å². The van der Waals surface area contributed by atoms with Gasteiger partial charge in [0.05, 0.1) is 22.5 Å². The first-order valence-corrected chi connectivity index (χ1v) is 11.9. The molecule has 2 aromatic rings. The third kappa shape index (κ3) is 6.91. The first-order chi connectivity index (χ1) is 15.9. The van der Waals surface area contributed by atoms with Crippen LogP contribution in [0.15, 0.2) is 30.3 Å². The lowest BCUT2D eigenvalue weighted by atomic mass is 9.79. The third-order valence-electron chi connectivity index (χ3n) is 5.98. The van der Waals surface area contributed by atoms with E-state index in [2.05, 4.69) is 5.32 Å². The van der Waals surface area contributed by atoms with E-state index in [1.165, 1.54) is 31.2 Å². The zero-order valence-electron chi connectivity index (χ0n) is 20.4. The predicted molar refractivity (Wildman–Crippen MR) is 131 cm³/mol. The molecule has 0 aliphatic rings. The maximum absolute atomic E-state index is 13.8. The van der Waals surface area contributed by atoms with E-state index in [1.54, 1.807) is 13.0 Å². The minimum absolute atomic E-state index is 0.107. The Labute approximate surface area is 213 Å². The number of amides is 1. The summed E-state index contributed by atoms with van der Waals surface area (Å²) >= 11 is 12.5. The standard InChI is InChI=1S/C26H30Cl2F3NO3/c1-13-11-17(12-14(2)24(34)35)20(25(4,5)6)22(21(13)28)32-23(33)19(15(3)26(29,30)31)16-7-9-18(27)10-8-16/h7-11,14-15,19H,12H2,1-6H3,(H,32,33)(H,34,35)/p-1/t14-,15+,19-/m0/s1. The highest BCUT2D eigenvalue weighted by atomic mass is 35.5. The summed E-state index contributed by atoms with van der Waals surface area (Å²) in [5, 5.41) is 14.6. The summed E-state index contributed by atoms with van der Waals surface area (Å²) in [6, 6.07) is 7.39. The number of halogens is 5. The average molecular weight is 531 g/mol. The van der Waals surface area contributed by atoms with Crippen LogP contribution in [0, 0.1) is 18.8 Å². The Kier molecular flexibility index (Phi) is 8.93. The molecule has 9 heteroatoms. The molecule has 1 amide bonds. The van der Waals surface area contributed by atoms with E-state index in [0.717, 1.165) is 6.92 Å². The van der Waals surface area contributed by atoms with Crippen LogP contribution in [0.1, 0.15) is 62.8 Å². The number of aryl methyl sites for hydroxylation is 1. The number of carboxylic acid groups (broad SMARTS) is 1. The summed E-state index contributed by atoms with van der Waals surface area (Å²) < 4.78 is 41.3. The van der Waals surface area contributed by atoms with E-state index >= 15 is 0 Å². The predicted octanol–water partition coefficient (Wildman–Crippen LogP) is 6.45. The molecule has 0 aliphatic carbocycles. The van der Waals surface area contributed by atoms with Crippen LogP contribution in [-0.4, -0.2) is 18.1 Å². The highest BCUT2D eigenvalue weighted by molar-refractivity contribution is 6.35. The van der Waals surface area contributed by atoms with Gasteiger partial charge in [0.15, 0.2) is 0 Å². The first kappa shape index (κ1) is 29.0. The van der Waals surface area contributed by atoms with Gasteiger partial charge in [0.25, 0.3) is 0 Å². The lowest BCUT2D eigenvalue weighted by molar-refractivity contribution is -0.310. The third-order valence-corrected chi connectivity index (χ3v) is 6.72. The summed E-state index contributed by atoms with van der Waals surface area (Å²) in [6.07, 6.45) is -4.53. The van der Waals surface area contributed by atoms with E-state index in [1.807, 2.05) is 20.8 Å². The molecule has 2 aromatic carbocycles. The molecule has 0 saturated heterocycles. The van der Waals surface area contributed by atoms with Gasteiger partial charge in [-0.15, -0.1) is 0 Å². The molecule has 0 unspecified atom stereocenters. The molecule has 192 valence electrons. The second-order valence-corrected chi connectivity index (χ2v) is 10.8. The normalized spacial score (nSPS) is 14.8. The number of alkyl halides is 3. The van der Waals surface area contributed by atoms with Gasteiger partial charge in [-0.05, 0) is 59.1 Å². The minimum Gasteiger partial charge on any atom is -0.550 e. The molecule has 3 atom stereocenters. The molecule has 0 spiro atoms. The van der Waals surface area contributed by atoms with Crippen LogP contribution in [0.2, 0.25) is 10.0 Å². The van der Waals surface area contributed by atoms with E-state index in [0.29, 0.717) is 21.7 Å². The Bertz CT molecular complexity index is 1090. The van der Waals surface area contributed by atoms with Crippen LogP contribution in [0.4, 0.5) is 18.9 Å². The van der Waals surface area contributed by atoms with Gasteiger partial charge in [0, 0.05) is 11.0 Å². The van der Waals surface area contributed by atoms with Gasteiger partial charge in [-0.2, -0.15) is 13.2 Å². The van der Waals surface area contributed by atoms with Crippen molar-refractivity contribution in [1.82, 2.24) is 0 Å². The molecule has 0 radical (unpaired) electrons. The number of rotatable bonds is 7. The summed E-state index contributed by atoms with van der Waals surface area (Å²) in [7, 11) is 0. The molecule has 4 nitrogen and oxygen atoms in total. The van der Waals surface area contributed by atoms with E-state index < -0.39 is 41.2 Å². The van der Waals surface area contributed by atoms with Crippen LogP contribution in [0.25, 0.3) is 0 Å². The average Bonchev–Trinajstić information content (AvgIpc) is 2.71. The first-order valence-electron chi connectivity index (χ1n) is 11.1. The van der Waals surface area contributed by atoms with Gasteiger partial charge in [-0.3, -0.25) is 4.79 Å². The number of aliphatic carboxylic acids is 1. The molecule has 0 aromatic heterocycles. The van der Waals surface area contributed by atoms with Crippen LogP contribution >= 0.6 is 23.2 Å². The van der Waals surface area contributed by atoms with Crippen molar-refractivity contribution in [2.75, 3.05) is 5.32 Å². The molecule has 2 rings (SSSR count). The Morgan fingerprint density at radius 1 is 1.06 bits per heavy atom. The molecule has 0 aliphatic heterocycles. The molecule has 0 fully saturated rings. The lowest BCUT2D eigenvalue weighted by Crippen LogP contribution is -2.35. The Morgan fingerprint density at radius 3 is 2.06 bits per heavy atom. The maximum Gasteiger partial charge on any atom is 0.392 e. The molecular weight excluding hydrogens is 502 g/mol.